The minimum absolute atomic E-state index is 0.239. The van der Waals surface area contributed by atoms with Crippen LogP contribution in [0.25, 0.3) is 0 Å². The molecule has 0 saturated carbocycles. The third kappa shape index (κ3) is 4.79. The molecule has 2 aromatic carbocycles. The lowest BCUT2D eigenvalue weighted by Gasteiger charge is -2.12. The fraction of sp³-hybridized carbons (Fsp3) is 0.188. The van der Waals surface area contributed by atoms with E-state index in [-0.39, 0.29) is 12.2 Å². The summed E-state index contributed by atoms with van der Waals surface area (Å²) in [5, 5.41) is 8.44. The van der Waals surface area contributed by atoms with E-state index in [1.165, 1.54) is 0 Å². The van der Waals surface area contributed by atoms with E-state index < -0.39 is 22.0 Å². The Morgan fingerprint density at radius 3 is 2.38 bits per heavy atom. The molecule has 0 aromatic heterocycles. The predicted molar refractivity (Wildman–Crippen MR) is 87.6 cm³/mol. The molecular formula is C16H15BrO3S. The summed E-state index contributed by atoms with van der Waals surface area (Å²) in [7, 11) is -1.47. The minimum Gasteiger partial charge on any atom is -0.480 e. The molecule has 1 N–H and O–H groups in total. The van der Waals surface area contributed by atoms with Crippen molar-refractivity contribution in [3.8, 4) is 0 Å². The van der Waals surface area contributed by atoms with Gasteiger partial charge in [0, 0.05) is 21.0 Å². The van der Waals surface area contributed by atoms with Crippen LogP contribution >= 0.6 is 15.9 Å². The zero-order valence-corrected chi connectivity index (χ0v) is 13.6. The number of carboxylic acids is 1. The van der Waals surface area contributed by atoms with Gasteiger partial charge < -0.3 is 5.11 Å². The monoisotopic (exact) mass is 366 g/mol. The van der Waals surface area contributed by atoms with Crippen LogP contribution in [0.5, 0.6) is 0 Å². The molecule has 0 fully saturated rings. The average Bonchev–Trinajstić information content (AvgIpc) is 2.45. The van der Waals surface area contributed by atoms with Crippen LogP contribution in [0.1, 0.15) is 11.1 Å². The Kier molecular flexibility index (Phi) is 5.70. The maximum absolute atomic E-state index is 12.4. The highest BCUT2D eigenvalue weighted by Crippen LogP contribution is 2.16. The Hall–Kier alpha value is -1.46. The molecule has 2 aromatic rings. The summed E-state index contributed by atoms with van der Waals surface area (Å²) in [6.07, 6.45) is 0.275. The lowest BCUT2D eigenvalue weighted by atomic mass is 10.1. The number of benzene rings is 2. The number of hydrogen-bond acceptors (Lipinski definition) is 2. The normalized spacial score (nSPS) is 13.6. The Morgan fingerprint density at radius 2 is 1.76 bits per heavy atom. The highest BCUT2D eigenvalue weighted by Gasteiger charge is 2.25. The topological polar surface area (TPSA) is 54.4 Å². The summed E-state index contributed by atoms with van der Waals surface area (Å²) >= 11 is 3.36. The highest BCUT2D eigenvalue weighted by molar-refractivity contribution is 9.10. The fourth-order valence-corrected chi connectivity index (χ4v) is 3.77. The summed E-state index contributed by atoms with van der Waals surface area (Å²) in [6.45, 7) is 0. The van der Waals surface area contributed by atoms with E-state index in [9.17, 15) is 14.1 Å². The van der Waals surface area contributed by atoms with Crippen molar-refractivity contribution in [3.05, 3.63) is 70.2 Å². The van der Waals surface area contributed by atoms with Crippen molar-refractivity contribution < 1.29 is 14.1 Å². The smallest absolute Gasteiger partial charge is 0.319 e. The van der Waals surface area contributed by atoms with Crippen LogP contribution in [0.2, 0.25) is 0 Å². The van der Waals surface area contributed by atoms with Crippen LogP contribution in [0.15, 0.2) is 59.1 Å². The van der Waals surface area contributed by atoms with Crippen molar-refractivity contribution >= 4 is 32.7 Å². The molecule has 0 aliphatic heterocycles. The van der Waals surface area contributed by atoms with Crippen LogP contribution in [-0.4, -0.2) is 20.5 Å². The summed E-state index contributed by atoms with van der Waals surface area (Å²) in [5.41, 5.74) is 1.74. The van der Waals surface area contributed by atoms with Crippen LogP contribution < -0.4 is 0 Å². The maximum Gasteiger partial charge on any atom is 0.319 e. The van der Waals surface area contributed by atoms with E-state index in [1.807, 2.05) is 54.6 Å². The van der Waals surface area contributed by atoms with Crippen LogP contribution in [0, 0.1) is 0 Å². The third-order valence-corrected chi connectivity index (χ3v) is 5.17. The number of halogens is 1. The predicted octanol–water partition coefficient (Wildman–Crippen LogP) is 3.39. The van der Waals surface area contributed by atoms with Crippen LogP contribution in [0.3, 0.4) is 0 Å². The number of carbonyl (C=O) groups is 1. The lowest BCUT2D eigenvalue weighted by Crippen LogP contribution is -2.29. The van der Waals surface area contributed by atoms with E-state index in [4.69, 9.17) is 0 Å². The largest absolute Gasteiger partial charge is 0.480 e. The van der Waals surface area contributed by atoms with Gasteiger partial charge >= 0.3 is 5.97 Å². The van der Waals surface area contributed by atoms with E-state index >= 15 is 0 Å². The minimum atomic E-state index is -1.47. The highest BCUT2D eigenvalue weighted by atomic mass is 79.9. The van der Waals surface area contributed by atoms with E-state index in [0.29, 0.717) is 0 Å². The molecule has 0 heterocycles. The lowest BCUT2D eigenvalue weighted by molar-refractivity contribution is -0.136. The van der Waals surface area contributed by atoms with Crippen molar-refractivity contribution in [2.24, 2.45) is 0 Å². The molecule has 0 bridgehead atoms. The van der Waals surface area contributed by atoms with Gasteiger partial charge in [0.1, 0.15) is 5.25 Å². The van der Waals surface area contributed by atoms with Crippen molar-refractivity contribution in [1.82, 2.24) is 0 Å². The zero-order valence-electron chi connectivity index (χ0n) is 11.2. The SMILES string of the molecule is O=C(O)C(Cc1ccccc1)S(=O)Cc1cccc(Br)c1. The van der Waals surface area contributed by atoms with Gasteiger partial charge in [-0.25, -0.2) is 0 Å². The van der Waals surface area contributed by atoms with Crippen molar-refractivity contribution in [2.45, 2.75) is 17.4 Å². The number of rotatable bonds is 6. The molecule has 3 nitrogen and oxygen atoms in total. The average molecular weight is 367 g/mol. The fourth-order valence-electron chi connectivity index (χ4n) is 2.01. The molecule has 2 atom stereocenters. The second-order valence-corrected chi connectivity index (χ2v) is 7.21. The second kappa shape index (κ2) is 7.52. The van der Waals surface area contributed by atoms with Crippen LogP contribution in [-0.2, 0) is 27.8 Å². The first-order valence-electron chi connectivity index (χ1n) is 6.44. The van der Waals surface area contributed by atoms with E-state index in [0.717, 1.165) is 15.6 Å². The summed E-state index contributed by atoms with van der Waals surface area (Å²) in [6, 6.07) is 16.7. The Labute approximate surface area is 134 Å². The van der Waals surface area contributed by atoms with Gasteiger partial charge in [0.15, 0.2) is 0 Å². The second-order valence-electron chi connectivity index (χ2n) is 4.67. The first-order chi connectivity index (χ1) is 10.1. The molecule has 2 unspecified atom stereocenters. The quantitative estimate of drug-likeness (QED) is 0.852. The first-order valence-corrected chi connectivity index (χ1v) is 8.62. The third-order valence-electron chi connectivity index (χ3n) is 3.05. The van der Waals surface area contributed by atoms with Crippen molar-refractivity contribution in [3.63, 3.8) is 0 Å². The maximum atomic E-state index is 12.4. The molecule has 0 amide bonds. The Balaban J connectivity index is 2.11. The number of aliphatic carboxylic acids is 1. The molecule has 0 aliphatic carbocycles. The Bertz CT molecular complexity index is 643. The first kappa shape index (κ1) is 15.9. The summed E-state index contributed by atoms with van der Waals surface area (Å²) < 4.78 is 13.3. The zero-order chi connectivity index (χ0) is 15.2. The summed E-state index contributed by atoms with van der Waals surface area (Å²) in [5.74, 6) is -0.782. The molecule has 2 rings (SSSR count). The van der Waals surface area contributed by atoms with Crippen molar-refractivity contribution in [2.75, 3.05) is 0 Å². The van der Waals surface area contributed by atoms with Gasteiger partial charge in [-0.05, 0) is 29.7 Å². The molecule has 21 heavy (non-hydrogen) atoms. The summed E-state index contributed by atoms with van der Waals surface area (Å²) in [4.78, 5) is 11.4. The molecule has 0 aliphatic rings. The number of carboxylic acid groups (broad SMARTS) is 1. The molecule has 0 radical (unpaired) electrons. The number of hydrogen-bond donors (Lipinski definition) is 1. The van der Waals surface area contributed by atoms with Gasteiger partial charge in [-0.2, -0.15) is 0 Å². The molecule has 0 spiro atoms. The van der Waals surface area contributed by atoms with Crippen LogP contribution in [0.4, 0.5) is 0 Å². The molecule has 110 valence electrons. The van der Waals surface area contributed by atoms with E-state index in [1.54, 1.807) is 0 Å². The van der Waals surface area contributed by atoms with E-state index in [2.05, 4.69) is 15.9 Å². The van der Waals surface area contributed by atoms with Crippen molar-refractivity contribution in [1.29, 1.82) is 0 Å². The van der Waals surface area contributed by atoms with Gasteiger partial charge in [-0.1, -0.05) is 58.4 Å². The van der Waals surface area contributed by atoms with Gasteiger partial charge in [-0.15, -0.1) is 0 Å². The van der Waals surface area contributed by atoms with Gasteiger partial charge in [-0.3, -0.25) is 9.00 Å². The Morgan fingerprint density at radius 1 is 1.10 bits per heavy atom. The van der Waals surface area contributed by atoms with Gasteiger partial charge in [0.2, 0.25) is 0 Å². The molecule has 0 saturated heterocycles. The van der Waals surface area contributed by atoms with Gasteiger partial charge in [0.25, 0.3) is 0 Å². The molecular weight excluding hydrogens is 352 g/mol. The standard InChI is InChI=1S/C16H15BrO3S/c17-14-8-4-7-13(9-14)11-21(20)15(16(18)19)10-12-5-2-1-3-6-12/h1-9,15H,10-11H2,(H,18,19). The van der Waals surface area contributed by atoms with Gasteiger partial charge in [0.05, 0.1) is 0 Å². The molecule has 5 heteroatoms.